The lowest BCUT2D eigenvalue weighted by Crippen LogP contribution is -2.34. The highest BCUT2D eigenvalue weighted by molar-refractivity contribution is 5.47. The number of nitrogens with one attached hydrogen (secondary N) is 2. The zero-order valence-electron chi connectivity index (χ0n) is 8.68. The second-order valence-corrected chi connectivity index (χ2v) is 3.05. The summed E-state index contributed by atoms with van der Waals surface area (Å²) in [6.07, 6.45) is 0. The summed E-state index contributed by atoms with van der Waals surface area (Å²) in [5, 5.41) is 0. The Morgan fingerprint density at radius 3 is 2.14 bits per heavy atom. The van der Waals surface area contributed by atoms with E-state index in [9.17, 15) is 9.59 Å². The second-order valence-electron chi connectivity index (χ2n) is 3.05. The number of hydrogen-bond donors (Lipinski definition) is 2. The van der Waals surface area contributed by atoms with E-state index < -0.39 is 5.69 Å². The van der Waals surface area contributed by atoms with Crippen molar-refractivity contribution in [1.29, 1.82) is 0 Å². The Labute approximate surface area is 81.8 Å². The molecule has 0 saturated carbocycles. The molecule has 0 aromatic carbocycles. The van der Waals surface area contributed by atoms with E-state index in [2.05, 4.69) is 9.97 Å². The number of hydrogen-bond acceptors (Lipinski definition) is 3. The monoisotopic (exact) mass is 197 g/mol. The van der Waals surface area contributed by atoms with Crippen LogP contribution in [-0.4, -0.2) is 23.1 Å². The lowest BCUT2D eigenvalue weighted by molar-refractivity contribution is 0.832. The van der Waals surface area contributed by atoms with Gasteiger partial charge in [0.05, 0.1) is 0 Å². The van der Waals surface area contributed by atoms with Gasteiger partial charge in [-0.15, -0.1) is 0 Å². The van der Waals surface area contributed by atoms with Crippen molar-refractivity contribution in [1.82, 2.24) is 9.97 Å². The minimum absolute atomic E-state index is 0.324. The van der Waals surface area contributed by atoms with E-state index in [0.29, 0.717) is 11.4 Å². The molecule has 78 valence electrons. The molecule has 0 saturated heterocycles. The van der Waals surface area contributed by atoms with Gasteiger partial charge in [-0.1, -0.05) is 0 Å². The molecule has 0 radical (unpaired) electrons. The molecule has 0 aliphatic heterocycles. The van der Waals surface area contributed by atoms with Crippen LogP contribution in [-0.2, 0) is 0 Å². The number of aryl methyl sites for hydroxylation is 1. The largest absolute Gasteiger partial charge is 0.366 e. The quantitative estimate of drug-likeness (QED) is 0.728. The van der Waals surface area contributed by atoms with Crippen molar-refractivity contribution >= 4 is 5.69 Å². The predicted molar refractivity (Wildman–Crippen MR) is 56.0 cm³/mol. The van der Waals surface area contributed by atoms with E-state index in [4.69, 9.17) is 0 Å². The summed E-state index contributed by atoms with van der Waals surface area (Å²) in [4.78, 5) is 29.1. The third-order valence-corrected chi connectivity index (χ3v) is 2.18. The number of anilines is 1. The second kappa shape index (κ2) is 4.13. The van der Waals surface area contributed by atoms with Gasteiger partial charge in [-0.25, -0.2) is 4.79 Å². The zero-order chi connectivity index (χ0) is 10.7. The normalized spacial score (nSPS) is 10.2. The highest BCUT2D eigenvalue weighted by Crippen LogP contribution is 2.08. The van der Waals surface area contributed by atoms with Crippen molar-refractivity contribution in [2.45, 2.75) is 20.8 Å². The molecule has 0 spiro atoms. The van der Waals surface area contributed by atoms with Gasteiger partial charge < -0.3 is 9.88 Å². The Bertz CT molecular complexity index is 415. The standard InChI is InChI=1S/C9H15N3O2/c1-4-12(5-2)7-6(3)10-9(14)11-8(7)13/h4-5H2,1-3H3,(H2,10,11,13,14). The number of nitrogens with zero attached hydrogens (tertiary/aromatic N) is 1. The first-order valence-corrected chi connectivity index (χ1v) is 4.68. The minimum Gasteiger partial charge on any atom is -0.366 e. The van der Waals surface area contributed by atoms with Crippen LogP contribution >= 0.6 is 0 Å². The smallest absolute Gasteiger partial charge is 0.326 e. The highest BCUT2D eigenvalue weighted by Gasteiger charge is 2.10. The lowest BCUT2D eigenvalue weighted by Gasteiger charge is -2.20. The van der Waals surface area contributed by atoms with Crippen molar-refractivity contribution < 1.29 is 0 Å². The summed E-state index contributed by atoms with van der Waals surface area (Å²) in [6, 6.07) is 0. The van der Waals surface area contributed by atoms with Gasteiger partial charge in [0, 0.05) is 18.8 Å². The summed E-state index contributed by atoms with van der Waals surface area (Å²) in [6.45, 7) is 7.14. The molecule has 0 aliphatic rings. The molecule has 2 N–H and O–H groups in total. The van der Waals surface area contributed by atoms with Crippen LogP contribution in [0.3, 0.4) is 0 Å². The fourth-order valence-electron chi connectivity index (χ4n) is 1.51. The van der Waals surface area contributed by atoms with Crippen molar-refractivity contribution in [2.24, 2.45) is 0 Å². The van der Waals surface area contributed by atoms with E-state index in [1.807, 2.05) is 18.7 Å². The van der Waals surface area contributed by atoms with Gasteiger partial charge in [-0.2, -0.15) is 0 Å². The van der Waals surface area contributed by atoms with E-state index in [1.165, 1.54) is 0 Å². The maximum Gasteiger partial charge on any atom is 0.326 e. The molecular weight excluding hydrogens is 182 g/mol. The molecule has 5 nitrogen and oxygen atoms in total. The van der Waals surface area contributed by atoms with E-state index in [-0.39, 0.29) is 5.56 Å². The average molecular weight is 197 g/mol. The van der Waals surface area contributed by atoms with Gasteiger partial charge in [0.2, 0.25) is 0 Å². The van der Waals surface area contributed by atoms with Gasteiger partial charge in [0.15, 0.2) is 0 Å². The Kier molecular flexibility index (Phi) is 3.11. The van der Waals surface area contributed by atoms with Crippen LogP contribution in [0.1, 0.15) is 19.5 Å². The van der Waals surface area contributed by atoms with Gasteiger partial charge in [-0.05, 0) is 20.8 Å². The Hall–Kier alpha value is -1.52. The number of rotatable bonds is 3. The van der Waals surface area contributed by atoms with Crippen LogP contribution in [0.4, 0.5) is 5.69 Å². The fraction of sp³-hybridized carbons (Fsp3) is 0.556. The number of aromatic amines is 2. The summed E-state index contributed by atoms with van der Waals surface area (Å²) in [5.74, 6) is 0. The van der Waals surface area contributed by atoms with Gasteiger partial charge >= 0.3 is 5.69 Å². The molecule has 0 aliphatic carbocycles. The average Bonchev–Trinajstić information content (AvgIpc) is 2.10. The lowest BCUT2D eigenvalue weighted by atomic mass is 10.3. The molecule has 1 aromatic heterocycles. The first-order chi connectivity index (χ1) is 6.60. The van der Waals surface area contributed by atoms with Crippen LogP contribution in [0, 0.1) is 6.92 Å². The third-order valence-electron chi connectivity index (χ3n) is 2.18. The first kappa shape index (κ1) is 10.6. The summed E-state index contributed by atoms with van der Waals surface area (Å²) < 4.78 is 0. The third kappa shape index (κ3) is 1.86. The number of H-pyrrole nitrogens is 2. The molecule has 0 amide bonds. The molecule has 1 rings (SSSR count). The summed E-state index contributed by atoms with van der Waals surface area (Å²) >= 11 is 0. The maximum absolute atomic E-state index is 11.5. The molecular formula is C9H15N3O2. The SMILES string of the molecule is CCN(CC)c1c(C)[nH]c(=O)[nH]c1=O. The Balaban J connectivity index is 3.33. The van der Waals surface area contributed by atoms with Crippen molar-refractivity contribution in [3.8, 4) is 0 Å². The Morgan fingerprint density at radius 1 is 1.14 bits per heavy atom. The topological polar surface area (TPSA) is 69.0 Å². The zero-order valence-corrected chi connectivity index (χ0v) is 8.68. The van der Waals surface area contributed by atoms with Gasteiger partial charge in [0.25, 0.3) is 5.56 Å². The van der Waals surface area contributed by atoms with Gasteiger partial charge in [-0.3, -0.25) is 9.78 Å². The highest BCUT2D eigenvalue weighted by atomic mass is 16.2. The predicted octanol–water partition coefficient (Wildman–Crippen LogP) is 0.218. The fourth-order valence-corrected chi connectivity index (χ4v) is 1.51. The molecule has 0 unspecified atom stereocenters. The molecule has 0 bridgehead atoms. The van der Waals surface area contributed by atoms with Crippen LogP contribution in [0.2, 0.25) is 0 Å². The van der Waals surface area contributed by atoms with Crippen LogP contribution in [0.15, 0.2) is 9.59 Å². The summed E-state index contributed by atoms with van der Waals surface area (Å²) in [7, 11) is 0. The Morgan fingerprint density at radius 2 is 1.71 bits per heavy atom. The van der Waals surface area contributed by atoms with Crippen molar-refractivity contribution in [3.63, 3.8) is 0 Å². The minimum atomic E-state index is -0.455. The molecule has 1 aromatic rings. The molecule has 0 fully saturated rings. The van der Waals surface area contributed by atoms with Crippen LogP contribution in [0.25, 0.3) is 0 Å². The molecule has 0 atom stereocenters. The van der Waals surface area contributed by atoms with E-state index in [1.54, 1.807) is 6.92 Å². The van der Waals surface area contributed by atoms with Gasteiger partial charge in [0.1, 0.15) is 5.69 Å². The van der Waals surface area contributed by atoms with Crippen LogP contribution < -0.4 is 16.1 Å². The molecule has 5 heteroatoms. The number of aromatic nitrogens is 2. The van der Waals surface area contributed by atoms with E-state index >= 15 is 0 Å². The van der Waals surface area contributed by atoms with Crippen molar-refractivity contribution in [2.75, 3.05) is 18.0 Å². The molecule has 1 heterocycles. The maximum atomic E-state index is 11.5. The van der Waals surface area contributed by atoms with Crippen LogP contribution in [0.5, 0.6) is 0 Å². The first-order valence-electron chi connectivity index (χ1n) is 4.68. The van der Waals surface area contributed by atoms with Crippen molar-refractivity contribution in [3.05, 3.63) is 26.5 Å². The van der Waals surface area contributed by atoms with E-state index in [0.717, 1.165) is 13.1 Å². The summed E-state index contributed by atoms with van der Waals surface area (Å²) in [5.41, 5.74) is 0.385. The molecule has 14 heavy (non-hydrogen) atoms.